The number of likely N-dealkylation sites (N-methyl/N-ethyl adjacent to an activating group) is 1. The van der Waals surface area contributed by atoms with E-state index in [0.717, 1.165) is 51.4 Å². The Bertz CT molecular complexity index is 703. The van der Waals surface area contributed by atoms with E-state index in [1.54, 1.807) is 19.1 Å². The summed E-state index contributed by atoms with van der Waals surface area (Å²) in [6.45, 7) is 5.37. The van der Waals surface area contributed by atoms with Gasteiger partial charge in [-0.05, 0) is 19.8 Å². The first kappa shape index (κ1) is 32.8. The lowest BCUT2D eigenvalue weighted by molar-refractivity contribution is -0.870. The van der Waals surface area contributed by atoms with Crippen LogP contribution in [0.2, 0.25) is 0 Å². The van der Waals surface area contributed by atoms with Gasteiger partial charge in [-0.1, -0.05) is 63.7 Å². The van der Waals surface area contributed by atoms with Crippen LogP contribution in [0.5, 0.6) is 0 Å². The molecule has 10 nitrogen and oxygen atoms in total. The number of hydrogen-bond donors (Lipinski definition) is 3. The molecule has 0 aromatic rings. The van der Waals surface area contributed by atoms with E-state index < -0.39 is 26.6 Å². The zero-order valence-corrected chi connectivity index (χ0v) is 23.5. The Labute approximate surface area is 218 Å². The molecule has 36 heavy (non-hydrogen) atoms. The fourth-order valence-electron chi connectivity index (χ4n) is 3.35. The summed E-state index contributed by atoms with van der Waals surface area (Å²) in [7, 11) is 1.17. The molecule has 0 aromatic carbocycles. The maximum atomic E-state index is 12.5. The van der Waals surface area contributed by atoms with Gasteiger partial charge in [0.25, 0.3) is 7.82 Å². The predicted octanol–water partition coefficient (Wildman–Crippen LogP) is 3.91. The van der Waals surface area contributed by atoms with Crippen LogP contribution in [0.15, 0.2) is 24.5 Å². The summed E-state index contributed by atoms with van der Waals surface area (Å²) in [6.07, 6.45) is 12.6. The highest BCUT2D eigenvalue weighted by Gasteiger charge is 2.22. The van der Waals surface area contributed by atoms with Gasteiger partial charge in [-0.15, -0.1) is 0 Å². The average molecular weight is 539 g/mol. The predicted molar refractivity (Wildman–Crippen MR) is 139 cm³/mol. The molecule has 11 heteroatoms. The molecular weight excluding hydrogens is 487 g/mol. The van der Waals surface area contributed by atoms with E-state index in [1.807, 2.05) is 21.1 Å². The van der Waals surface area contributed by atoms with Crippen molar-refractivity contribution in [3.05, 3.63) is 24.5 Å². The first-order valence-electron chi connectivity index (χ1n) is 13.3. The number of phosphoric acid groups is 1. The standard InChI is InChI=1S/C25H49N2O8P/c1-6-16-24(28)23(21-34-36(31,32)33-20-19-27(3,4)5)26-25(29)18-15-13-11-9-7-8-10-12-14-17-22(2)35-30/h6,16,23-24,28H,2,7-15,17-21H2,1,3-5H3,(H2-,26,29,30,31,32)/b16-6+/t23-,24-/m0/s1/i28T. The van der Waals surface area contributed by atoms with Crippen molar-refractivity contribution in [2.45, 2.75) is 89.7 Å². The lowest BCUT2D eigenvalue weighted by Crippen LogP contribution is -2.45. The molecule has 0 radical (unpaired) electrons. The molecule has 0 heterocycles. The molecule has 0 aliphatic rings. The minimum Gasteiger partial charge on any atom is -0.756 e. The van der Waals surface area contributed by atoms with E-state index in [2.05, 4.69) is 21.9 Å². The molecule has 0 saturated carbocycles. The molecular formula is C25H49N2O8P. The summed E-state index contributed by atoms with van der Waals surface area (Å²) in [5.41, 5.74) is 0. The molecule has 1 unspecified atom stereocenters. The molecule has 0 aromatic heterocycles. The Hall–Kier alpha value is -1.26. The van der Waals surface area contributed by atoms with Gasteiger partial charge in [0.15, 0.2) is 0 Å². The molecule has 3 atom stereocenters. The molecule has 212 valence electrons. The summed E-state index contributed by atoms with van der Waals surface area (Å²) in [5.74, 6) is 0.151. The Balaban J connectivity index is 4.32. The van der Waals surface area contributed by atoms with Crippen LogP contribution in [0.3, 0.4) is 0 Å². The van der Waals surface area contributed by atoms with Gasteiger partial charge in [0.05, 0.1) is 39.9 Å². The van der Waals surface area contributed by atoms with Crippen molar-refractivity contribution in [2.24, 2.45) is 0 Å². The quantitative estimate of drug-likeness (QED) is 0.0320. The second-order valence-electron chi connectivity index (χ2n) is 10.1. The van der Waals surface area contributed by atoms with E-state index in [1.165, 1.54) is 0 Å². The topological polar surface area (TPSA) is 137 Å². The largest absolute Gasteiger partial charge is 0.756 e. The van der Waals surface area contributed by atoms with Crippen LogP contribution < -0.4 is 10.2 Å². The molecule has 0 spiro atoms. The number of quaternary nitrogens is 1. The molecule has 0 aliphatic carbocycles. The van der Waals surface area contributed by atoms with Crippen LogP contribution >= 0.6 is 7.82 Å². The van der Waals surface area contributed by atoms with Crippen LogP contribution in [0.1, 0.15) is 77.6 Å². The lowest BCUT2D eigenvalue weighted by Gasteiger charge is -2.29. The minimum absolute atomic E-state index is 0.0231. The van der Waals surface area contributed by atoms with Crippen molar-refractivity contribution in [1.82, 2.24) is 5.32 Å². The van der Waals surface area contributed by atoms with Crippen LogP contribution in [0.4, 0.5) is 0 Å². The van der Waals surface area contributed by atoms with Crippen molar-refractivity contribution < 1.29 is 43.0 Å². The van der Waals surface area contributed by atoms with Crippen LogP contribution in [-0.4, -0.2) is 75.2 Å². The summed E-state index contributed by atoms with van der Waals surface area (Å²) >= 11 is 0. The van der Waals surface area contributed by atoms with E-state index >= 15 is 0 Å². The second kappa shape index (κ2) is 19.8. The number of unbranched alkanes of at least 4 members (excludes halogenated alkanes) is 8. The van der Waals surface area contributed by atoms with Crippen LogP contribution in [-0.2, 0) is 23.3 Å². The highest BCUT2D eigenvalue weighted by atomic mass is 31.2. The lowest BCUT2D eigenvalue weighted by atomic mass is 10.1. The Morgan fingerprint density at radius 1 is 1.08 bits per heavy atom. The fourth-order valence-corrected chi connectivity index (χ4v) is 4.07. The van der Waals surface area contributed by atoms with E-state index in [9.17, 15) is 14.3 Å². The highest BCUT2D eigenvalue weighted by Crippen LogP contribution is 2.38. The first-order valence-corrected chi connectivity index (χ1v) is 14.3. The van der Waals surface area contributed by atoms with Gasteiger partial charge in [-0.2, -0.15) is 0 Å². The summed E-state index contributed by atoms with van der Waals surface area (Å²) in [4.78, 5) is 28.7. The monoisotopic (exact) mass is 538 g/mol. The normalized spacial score (nSPS) is 15.8. The van der Waals surface area contributed by atoms with Crippen molar-refractivity contribution in [3.8, 4) is 0 Å². The molecule has 0 saturated heterocycles. The number of amides is 1. The van der Waals surface area contributed by atoms with Crippen molar-refractivity contribution in [3.63, 3.8) is 0 Å². The van der Waals surface area contributed by atoms with Gasteiger partial charge in [0, 0.05) is 12.8 Å². The highest BCUT2D eigenvalue weighted by molar-refractivity contribution is 7.45. The summed E-state index contributed by atoms with van der Waals surface area (Å²) in [5, 5.41) is 15.9. The van der Waals surface area contributed by atoms with Gasteiger partial charge >= 0.3 is 0 Å². The van der Waals surface area contributed by atoms with Crippen molar-refractivity contribution in [2.75, 3.05) is 40.9 Å². The van der Waals surface area contributed by atoms with Gasteiger partial charge in [0.1, 0.15) is 18.9 Å². The zero-order chi connectivity index (χ0) is 28.2. The number of allylic oxidation sites excluding steroid dienone is 2. The number of carbonyl (C=O) groups excluding carboxylic acids is 1. The summed E-state index contributed by atoms with van der Waals surface area (Å²) < 4.78 is 29.9. The first-order chi connectivity index (χ1) is 17.4. The Kier molecular flexibility index (Phi) is 18.0. The second-order valence-corrected chi connectivity index (χ2v) is 11.5. The summed E-state index contributed by atoms with van der Waals surface area (Å²) in [6, 6.07) is -0.855. The maximum absolute atomic E-state index is 12.5. The van der Waals surface area contributed by atoms with Gasteiger partial charge in [-0.25, -0.2) is 5.26 Å². The SMILES string of the molecule is [3H]O[C@@H](/C=C/C)[C@H](COP(=O)([O-])OCC[N+](C)(C)C)NC(=O)CCCCCCCCCCCC(=C)OO. The number of phosphoric ester groups is 1. The smallest absolute Gasteiger partial charge is 0.268 e. The third kappa shape index (κ3) is 20.9. The Morgan fingerprint density at radius 3 is 2.14 bits per heavy atom. The van der Waals surface area contributed by atoms with Gasteiger partial charge in [0.2, 0.25) is 7.34 Å². The molecule has 0 fully saturated rings. The zero-order valence-electron chi connectivity index (χ0n) is 23.6. The van der Waals surface area contributed by atoms with Gasteiger partial charge in [-0.3, -0.25) is 9.36 Å². The van der Waals surface area contributed by atoms with Crippen molar-refractivity contribution in [1.29, 1.82) is 1.43 Å². The third-order valence-electron chi connectivity index (χ3n) is 5.54. The molecule has 0 bridgehead atoms. The molecule has 3 N–H and O–H groups in total. The fraction of sp³-hybridized carbons (Fsp3) is 0.800. The number of nitrogens with zero attached hydrogens (tertiary/aromatic N) is 1. The third-order valence-corrected chi connectivity index (χ3v) is 6.50. The van der Waals surface area contributed by atoms with E-state index in [4.69, 9.17) is 15.7 Å². The average Bonchev–Trinajstić information content (AvgIpc) is 2.82. The number of rotatable bonds is 24. The van der Waals surface area contributed by atoms with Crippen LogP contribution in [0, 0.1) is 0 Å². The minimum atomic E-state index is -4.57. The van der Waals surface area contributed by atoms with E-state index in [-0.39, 0.29) is 12.5 Å². The number of carbonyl (C=O) groups is 1. The number of hydrogen-bond acceptors (Lipinski definition) is 8. The number of aliphatic hydroxyl groups is 1. The maximum Gasteiger partial charge on any atom is 0.268 e. The Morgan fingerprint density at radius 2 is 1.64 bits per heavy atom. The van der Waals surface area contributed by atoms with E-state index in [0.29, 0.717) is 36.0 Å². The number of aliphatic hydroxyl groups excluding tert-OH is 1. The van der Waals surface area contributed by atoms with Crippen LogP contribution in [0.25, 0.3) is 0 Å². The number of nitrogens with one attached hydrogen (secondary N) is 1. The van der Waals surface area contributed by atoms with Crippen molar-refractivity contribution >= 4 is 13.7 Å². The molecule has 0 aliphatic heterocycles. The van der Waals surface area contributed by atoms with Gasteiger partial charge < -0.3 is 33.7 Å². The molecule has 1 amide bonds. The molecule has 0 rings (SSSR count).